The molecule has 1 aromatic carbocycles. The molecule has 0 amide bonds. The molecule has 0 unspecified atom stereocenters. The summed E-state index contributed by atoms with van der Waals surface area (Å²) in [6.45, 7) is 1.89. The fourth-order valence-electron chi connectivity index (χ4n) is 1.90. The molecule has 2 heterocycles. The van der Waals surface area contributed by atoms with E-state index < -0.39 is 0 Å². The molecule has 96 valence electrons. The summed E-state index contributed by atoms with van der Waals surface area (Å²) in [5.41, 5.74) is 8.80. The van der Waals surface area contributed by atoms with Crippen LogP contribution in [0.1, 0.15) is 11.4 Å². The van der Waals surface area contributed by atoms with Crippen LogP contribution in [0, 0.1) is 6.92 Å². The number of thioether (sulfide) groups is 1. The van der Waals surface area contributed by atoms with E-state index in [2.05, 4.69) is 20.2 Å². The van der Waals surface area contributed by atoms with Crippen molar-refractivity contribution in [1.82, 2.24) is 20.2 Å². The molecule has 3 N–H and O–H groups in total. The number of aromatic amines is 1. The summed E-state index contributed by atoms with van der Waals surface area (Å²) in [7, 11) is 0. The molecule has 0 aliphatic heterocycles. The van der Waals surface area contributed by atoms with E-state index in [9.17, 15) is 0 Å². The van der Waals surface area contributed by atoms with Gasteiger partial charge in [-0.2, -0.15) is 0 Å². The van der Waals surface area contributed by atoms with Crippen LogP contribution in [0.25, 0.3) is 10.9 Å². The summed E-state index contributed by atoms with van der Waals surface area (Å²) in [5.74, 6) is 1.59. The lowest BCUT2D eigenvalue weighted by Gasteiger charge is -2.06. The summed E-state index contributed by atoms with van der Waals surface area (Å²) >= 11 is 1.58. The largest absolute Gasteiger partial charge is 0.398 e. The zero-order valence-electron chi connectivity index (χ0n) is 10.4. The number of aromatic nitrogens is 4. The average Bonchev–Trinajstić information content (AvgIpc) is 2.84. The minimum atomic E-state index is 0.749. The second-order valence-corrected chi connectivity index (χ2v) is 5.15. The molecule has 0 atom stereocenters. The van der Waals surface area contributed by atoms with Crippen LogP contribution in [0.2, 0.25) is 0 Å². The van der Waals surface area contributed by atoms with E-state index in [0.717, 1.165) is 38.9 Å². The number of nitrogen functional groups attached to an aromatic ring is 1. The van der Waals surface area contributed by atoms with Gasteiger partial charge in [-0.1, -0.05) is 17.8 Å². The Balaban J connectivity index is 1.91. The summed E-state index contributed by atoms with van der Waals surface area (Å²) in [4.78, 5) is 8.69. The van der Waals surface area contributed by atoms with Gasteiger partial charge in [-0.25, -0.2) is 4.98 Å². The van der Waals surface area contributed by atoms with Gasteiger partial charge in [-0.15, -0.1) is 5.10 Å². The molecule has 0 aliphatic carbocycles. The Morgan fingerprint density at radius 2 is 2.21 bits per heavy atom. The highest BCUT2D eigenvalue weighted by Crippen LogP contribution is 2.27. The predicted molar refractivity (Wildman–Crippen MR) is 76.8 cm³/mol. The molecule has 0 fully saturated rings. The smallest absolute Gasteiger partial charge is 0.208 e. The number of anilines is 1. The Kier molecular flexibility index (Phi) is 3.08. The first kappa shape index (κ1) is 12.0. The van der Waals surface area contributed by atoms with Crippen molar-refractivity contribution in [2.24, 2.45) is 0 Å². The van der Waals surface area contributed by atoms with Gasteiger partial charge in [0.2, 0.25) is 5.16 Å². The lowest BCUT2D eigenvalue weighted by molar-refractivity contribution is 0.969. The Labute approximate surface area is 114 Å². The third-order valence-electron chi connectivity index (χ3n) is 2.82. The number of H-pyrrole nitrogens is 1. The van der Waals surface area contributed by atoms with Gasteiger partial charge in [0.15, 0.2) is 0 Å². The number of hydrogen-bond acceptors (Lipinski definition) is 5. The SMILES string of the molecule is Cc1nc(SCc2ccc(N)c3cccnc23)n[nH]1. The van der Waals surface area contributed by atoms with E-state index in [1.807, 2.05) is 31.2 Å². The summed E-state index contributed by atoms with van der Waals surface area (Å²) in [6.07, 6.45) is 1.78. The van der Waals surface area contributed by atoms with Crippen molar-refractivity contribution in [3.63, 3.8) is 0 Å². The van der Waals surface area contributed by atoms with Crippen molar-refractivity contribution >= 4 is 28.4 Å². The first-order valence-corrected chi connectivity index (χ1v) is 6.86. The second-order valence-electron chi connectivity index (χ2n) is 4.21. The minimum Gasteiger partial charge on any atom is -0.398 e. The van der Waals surface area contributed by atoms with Crippen LogP contribution >= 0.6 is 11.8 Å². The van der Waals surface area contributed by atoms with Gasteiger partial charge >= 0.3 is 0 Å². The third kappa shape index (κ3) is 2.39. The first-order valence-electron chi connectivity index (χ1n) is 5.88. The number of nitrogens with one attached hydrogen (secondary N) is 1. The summed E-state index contributed by atoms with van der Waals surface area (Å²) < 4.78 is 0. The second kappa shape index (κ2) is 4.89. The maximum Gasteiger partial charge on any atom is 0.208 e. The summed E-state index contributed by atoms with van der Waals surface area (Å²) in [6, 6.07) is 7.82. The van der Waals surface area contributed by atoms with Gasteiger partial charge in [0, 0.05) is 23.0 Å². The molecular weight excluding hydrogens is 258 g/mol. The Bertz CT molecular complexity index is 722. The van der Waals surface area contributed by atoms with Crippen molar-refractivity contribution in [3.8, 4) is 0 Å². The number of hydrogen-bond donors (Lipinski definition) is 2. The van der Waals surface area contributed by atoms with Crippen LogP contribution in [0.3, 0.4) is 0 Å². The molecule has 2 aromatic heterocycles. The van der Waals surface area contributed by atoms with Crippen LogP contribution in [-0.4, -0.2) is 20.2 Å². The van der Waals surface area contributed by atoms with E-state index in [0.29, 0.717) is 0 Å². The van der Waals surface area contributed by atoms with E-state index in [1.165, 1.54) is 0 Å². The molecule has 3 rings (SSSR count). The van der Waals surface area contributed by atoms with E-state index in [1.54, 1.807) is 18.0 Å². The molecule has 0 radical (unpaired) electrons. The Morgan fingerprint density at radius 1 is 1.32 bits per heavy atom. The average molecular weight is 271 g/mol. The van der Waals surface area contributed by atoms with Crippen LogP contribution in [0.5, 0.6) is 0 Å². The van der Waals surface area contributed by atoms with Gasteiger partial charge in [0.05, 0.1) is 5.52 Å². The normalized spacial score (nSPS) is 11.0. The predicted octanol–water partition coefficient (Wildman–Crippen LogP) is 2.54. The maximum absolute atomic E-state index is 5.96. The van der Waals surface area contributed by atoms with Gasteiger partial charge in [0.1, 0.15) is 5.82 Å². The third-order valence-corrected chi connectivity index (χ3v) is 3.72. The summed E-state index contributed by atoms with van der Waals surface area (Å²) in [5, 5.41) is 8.68. The molecule has 0 bridgehead atoms. The lowest BCUT2D eigenvalue weighted by atomic mass is 10.1. The Morgan fingerprint density at radius 3 is 3.00 bits per heavy atom. The van der Waals surface area contributed by atoms with Crippen LogP contribution in [0.4, 0.5) is 5.69 Å². The monoisotopic (exact) mass is 271 g/mol. The number of fused-ring (bicyclic) bond motifs is 1. The molecule has 19 heavy (non-hydrogen) atoms. The number of benzene rings is 1. The zero-order valence-corrected chi connectivity index (χ0v) is 11.2. The van der Waals surface area contributed by atoms with Crippen molar-refractivity contribution in [2.75, 3.05) is 5.73 Å². The zero-order chi connectivity index (χ0) is 13.2. The molecule has 0 saturated carbocycles. The quantitative estimate of drug-likeness (QED) is 0.565. The van der Waals surface area contributed by atoms with Crippen molar-refractivity contribution in [3.05, 3.63) is 41.9 Å². The van der Waals surface area contributed by atoms with Gasteiger partial charge in [-0.3, -0.25) is 10.1 Å². The molecule has 6 heteroatoms. The van der Waals surface area contributed by atoms with Gasteiger partial charge in [0.25, 0.3) is 0 Å². The lowest BCUT2D eigenvalue weighted by Crippen LogP contribution is -1.93. The highest BCUT2D eigenvalue weighted by atomic mass is 32.2. The van der Waals surface area contributed by atoms with Crippen molar-refractivity contribution < 1.29 is 0 Å². The Hall–Kier alpha value is -2.08. The van der Waals surface area contributed by atoms with Crippen molar-refractivity contribution in [1.29, 1.82) is 0 Å². The van der Waals surface area contributed by atoms with Crippen LogP contribution < -0.4 is 5.73 Å². The first-order chi connectivity index (χ1) is 9.24. The van der Waals surface area contributed by atoms with E-state index >= 15 is 0 Å². The standard InChI is InChI=1S/C13H13N5S/c1-8-16-13(18-17-8)19-7-9-4-5-11(14)10-3-2-6-15-12(9)10/h2-6H,7,14H2,1H3,(H,16,17,18). The number of nitrogens with zero attached hydrogens (tertiary/aromatic N) is 3. The number of aryl methyl sites for hydroxylation is 1. The maximum atomic E-state index is 5.96. The minimum absolute atomic E-state index is 0.749. The number of nitrogens with two attached hydrogens (primary N) is 1. The molecule has 0 spiro atoms. The van der Waals surface area contributed by atoms with Crippen LogP contribution in [-0.2, 0) is 5.75 Å². The van der Waals surface area contributed by atoms with Crippen LogP contribution in [0.15, 0.2) is 35.6 Å². The highest BCUT2D eigenvalue weighted by Gasteiger charge is 2.07. The fourth-order valence-corrected chi connectivity index (χ4v) is 2.73. The topological polar surface area (TPSA) is 80.5 Å². The molecule has 3 aromatic rings. The van der Waals surface area contributed by atoms with E-state index in [-0.39, 0.29) is 0 Å². The highest BCUT2D eigenvalue weighted by molar-refractivity contribution is 7.98. The van der Waals surface area contributed by atoms with E-state index in [4.69, 9.17) is 5.73 Å². The molecule has 5 nitrogen and oxygen atoms in total. The number of rotatable bonds is 3. The van der Waals surface area contributed by atoms with Gasteiger partial charge < -0.3 is 5.73 Å². The number of pyridine rings is 1. The van der Waals surface area contributed by atoms with Crippen molar-refractivity contribution in [2.45, 2.75) is 17.8 Å². The molecule has 0 aliphatic rings. The molecular formula is C13H13N5S. The van der Waals surface area contributed by atoms with Gasteiger partial charge in [-0.05, 0) is 30.7 Å². The fraction of sp³-hybridized carbons (Fsp3) is 0.154. The molecule has 0 saturated heterocycles.